The van der Waals surface area contributed by atoms with Gasteiger partial charge in [-0.25, -0.2) is 9.59 Å². The number of carbonyl (C=O) groups excluding carboxylic acids is 1. The molecule has 3 heterocycles. The first-order chi connectivity index (χ1) is 24.5. The number of imidazole rings is 1. The minimum atomic E-state index is -0.553. The number of nitrogens with one attached hydrogen (secondary N) is 3. The molecule has 4 aromatic carbocycles. The Bertz CT molecular complexity index is 1950. The van der Waals surface area contributed by atoms with E-state index >= 15 is 0 Å². The summed E-state index contributed by atoms with van der Waals surface area (Å²) in [6.07, 6.45) is 1.70. The van der Waals surface area contributed by atoms with Crippen LogP contribution in [0.3, 0.4) is 0 Å². The van der Waals surface area contributed by atoms with Gasteiger partial charge >= 0.3 is 11.7 Å². The van der Waals surface area contributed by atoms with Crippen LogP contribution in [-0.2, 0) is 22.6 Å². The number of ether oxygens (including phenoxy) is 2. The number of hydrogen-bond acceptors (Lipinski definition) is 6. The number of aromatic amines is 1. The molecule has 0 aliphatic carbocycles. The van der Waals surface area contributed by atoms with Crippen LogP contribution in [0, 0.1) is 0 Å². The van der Waals surface area contributed by atoms with E-state index in [0.717, 1.165) is 76.9 Å². The number of aliphatic hydroxyl groups is 1. The maximum absolute atomic E-state index is 12.8. The summed E-state index contributed by atoms with van der Waals surface area (Å²) in [5.41, 5.74) is 7.79. The lowest BCUT2D eigenvalue weighted by molar-refractivity contribution is -0.253. The number of hydrogen-bond donors (Lipinski definition) is 4. The van der Waals surface area contributed by atoms with Crippen molar-refractivity contribution < 1.29 is 19.4 Å². The van der Waals surface area contributed by atoms with Crippen LogP contribution in [0.25, 0.3) is 22.2 Å². The zero-order valence-corrected chi connectivity index (χ0v) is 28.4. The molecule has 50 heavy (non-hydrogen) atoms. The number of fused-ring (bicyclic) bond motifs is 1. The molecule has 2 fully saturated rings. The average Bonchev–Trinajstić information content (AvgIpc) is 3.50. The van der Waals surface area contributed by atoms with E-state index in [4.69, 9.17) is 9.47 Å². The zero-order valence-electron chi connectivity index (χ0n) is 28.4. The molecular weight excluding hydrogens is 630 g/mol. The monoisotopic (exact) mass is 675 g/mol. The molecule has 0 saturated carbocycles. The van der Waals surface area contributed by atoms with Gasteiger partial charge in [0.25, 0.3) is 0 Å². The molecule has 2 aliphatic rings. The Kier molecular flexibility index (Phi) is 10.4. The predicted molar refractivity (Wildman–Crippen MR) is 193 cm³/mol. The van der Waals surface area contributed by atoms with Crippen LogP contribution in [0.5, 0.6) is 0 Å². The van der Waals surface area contributed by atoms with E-state index in [9.17, 15) is 14.7 Å². The molecule has 7 rings (SSSR count). The number of piperidine rings is 1. The van der Waals surface area contributed by atoms with Crippen LogP contribution < -0.4 is 16.3 Å². The molecule has 0 unspecified atom stereocenters. The second-order valence-electron chi connectivity index (χ2n) is 13.2. The molecule has 1 aromatic heterocycles. The number of benzene rings is 4. The van der Waals surface area contributed by atoms with Gasteiger partial charge in [0.15, 0.2) is 6.29 Å². The highest BCUT2D eigenvalue weighted by atomic mass is 16.7. The van der Waals surface area contributed by atoms with Gasteiger partial charge in [-0.3, -0.25) is 4.57 Å². The van der Waals surface area contributed by atoms with Gasteiger partial charge < -0.3 is 35.1 Å². The Balaban J connectivity index is 1.06. The van der Waals surface area contributed by atoms with Gasteiger partial charge in [0, 0.05) is 50.7 Å². The van der Waals surface area contributed by atoms with Crippen LogP contribution in [-0.4, -0.2) is 57.9 Å². The number of H-pyrrole nitrogens is 1. The summed E-state index contributed by atoms with van der Waals surface area (Å²) >= 11 is 0. The molecular formula is C40H45N5O5. The fourth-order valence-electron chi connectivity index (χ4n) is 7.29. The van der Waals surface area contributed by atoms with Gasteiger partial charge in [0.1, 0.15) is 0 Å². The van der Waals surface area contributed by atoms with E-state index in [0.29, 0.717) is 19.5 Å². The molecule has 3 atom stereocenters. The standard InChI is InChI=1S/C40H45N5O5/c1-2-41-39(47)42-24-31-7-3-4-8-34(31)28-15-17-30(18-16-28)38-49-33(23-37(50-38)29-13-11-27(26-46)12-14-29)25-44-21-19-32(20-22-44)45-36-10-6-5-9-35(36)43-40(45)48/h3-18,32-33,37-38,46H,2,19-26H2,1H3,(H,43,48)(H2,41,42,47)/t33-,37+,38+/m0/s1. The van der Waals surface area contributed by atoms with Crippen molar-refractivity contribution in [3.63, 3.8) is 0 Å². The lowest BCUT2D eigenvalue weighted by Gasteiger charge is -2.40. The first kappa shape index (κ1) is 33.7. The van der Waals surface area contributed by atoms with Crippen LogP contribution in [0.15, 0.2) is 102 Å². The second kappa shape index (κ2) is 15.4. The quantitative estimate of drug-likeness (QED) is 0.140. The van der Waals surface area contributed by atoms with Crippen LogP contribution in [0.4, 0.5) is 4.79 Å². The lowest BCUT2D eigenvalue weighted by Crippen LogP contribution is -2.43. The van der Waals surface area contributed by atoms with Crippen molar-refractivity contribution >= 4 is 17.1 Å². The Morgan fingerprint density at radius 2 is 1.60 bits per heavy atom. The highest BCUT2D eigenvalue weighted by molar-refractivity contribution is 5.75. The van der Waals surface area contributed by atoms with Gasteiger partial charge in [-0.2, -0.15) is 0 Å². The van der Waals surface area contributed by atoms with E-state index in [1.54, 1.807) is 0 Å². The second-order valence-corrected chi connectivity index (χ2v) is 13.2. The third-order valence-electron chi connectivity index (χ3n) is 9.91. The number of nitrogens with zero attached hydrogens (tertiary/aromatic N) is 2. The number of para-hydroxylation sites is 2. The predicted octanol–water partition coefficient (Wildman–Crippen LogP) is 6.19. The van der Waals surface area contributed by atoms with E-state index in [2.05, 4.69) is 50.8 Å². The molecule has 4 N–H and O–H groups in total. The van der Waals surface area contributed by atoms with Gasteiger partial charge in [-0.15, -0.1) is 0 Å². The normalized spacial score (nSPS) is 20.2. The Morgan fingerprint density at radius 3 is 2.36 bits per heavy atom. The summed E-state index contributed by atoms with van der Waals surface area (Å²) in [6, 6.07) is 32.2. The van der Waals surface area contributed by atoms with Gasteiger partial charge in [0.2, 0.25) is 0 Å². The fraction of sp³-hybridized carbons (Fsp3) is 0.350. The Hall–Kier alpha value is -4.74. The molecule has 2 saturated heterocycles. The van der Waals surface area contributed by atoms with Gasteiger partial charge in [-0.05, 0) is 59.7 Å². The van der Waals surface area contributed by atoms with Crippen molar-refractivity contribution in [2.75, 3.05) is 26.2 Å². The zero-order chi connectivity index (χ0) is 34.5. The van der Waals surface area contributed by atoms with Gasteiger partial charge in [-0.1, -0.05) is 84.9 Å². The molecule has 0 bridgehead atoms. The van der Waals surface area contributed by atoms with Crippen LogP contribution >= 0.6 is 0 Å². The third-order valence-corrected chi connectivity index (χ3v) is 9.91. The Labute approximate surface area is 292 Å². The van der Waals surface area contributed by atoms with Crippen molar-refractivity contribution in [3.8, 4) is 11.1 Å². The third kappa shape index (κ3) is 7.53. The minimum Gasteiger partial charge on any atom is -0.392 e. The number of carbonyl (C=O) groups is 1. The molecule has 0 radical (unpaired) electrons. The number of urea groups is 1. The van der Waals surface area contributed by atoms with Gasteiger partial charge in [0.05, 0.1) is 29.8 Å². The summed E-state index contributed by atoms with van der Waals surface area (Å²) < 4.78 is 15.2. The summed E-state index contributed by atoms with van der Waals surface area (Å²) in [5.74, 6) is 0. The van der Waals surface area contributed by atoms with E-state index in [-0.39, 0.29) is 36.6 Å². The lowest BCUT2D eigenvalue weighted by atomic mass is 9.97. The van der Waals surface area contributed by atoms with Crippen LogP contribution in [0.1, 0.15) is 66.9 Å². The number of amides is 2. The van der Waals surface area contributed by atoms with Crippen molar-refractivity contribution in [2.24, 2.45) is 0 Å². The number of aromatic nitrogens is 2. The van der Waals surface area contributed by atoms with Crippen LogP contribution in [0.2, 0.25) is 0 Å². The number of likely N-dealkylation sites (tertiary alicyclic amines) is 1. The molecule has 10 nitrogen and oxygen atoms in total. The highest BCUT2D eigenvalue weighted by Gasteiger charge is 2.34. The molecule has 2 amide bonds. The highest BCUT2D eigenvalue weighted by Crippen LogP contribution is 2.39. The maximum Gasteiger partial charge on any atom is 0.326 e. The largest absolute Gasteiger partial charge is 0.392 e. The van der Waals surface area contributed by atoms with E-state index in [1.165, 1.54) is 0 Å². The summed E-state index contributed by atoms with van der Waals surface area (Å²) in [4.78, 5) is 30.3. The number of rotatable bonds is 10. The topological polar surface area (TPSA) is 121 Å². The average molecular weight is 676 g/mol. The first-order valence-electron chi connectivity index (χ1n) is 17.6. The van der Waals surface area contributed by atoms with Crippen molar-refractivity contribution in [3.05, 3.63) is 130 Å². The summed E-state index contributed by atoms with van der Waals surface area (Å²) in [6.45, 7) is 5.41. The summed E-state index contributed by atoms with van der Waals surface area (Å²) in [5, 5.41) is 15.3. The summed E-state index contributed by atoms with van der Waals surface area (Å²) in [7, 11) is 0. The molecule has 260 valence electrons. The van der Waals surface area contributed by atoms with Crippen molar-refractivity contribution in [1.82, 2.24) is 25.1 Å². The van der Waals surface area contributed by atoms with E-state index < -0.39 is 6.29 Å². The fourth-order valence-corrected chi connectivity index (χ4v) is 7.29. The Morgan fingerprint density at radius 1 is 0.880 bits per heavy atom. The van der Waals surface area contributed by atoms with Crippen molar-refractivity contribution in [1.29, 1.82) is 0 Å². The molecule has 10 heteroatoms. The number of aliphatic hydroxyl groups excluding tert-OH is 1. The first-order valence-corrected chi connectivity index (χ1v) is 17.6. The molecule has 5 aromatic rings. The molecule has 2 aliphatic heterocycles. The smallest absolute Gasteiger partial charge is 0.326 e. The van der Waals surface area contributed by atoms with Crippen molar-refractivity contribution in [2.45, 2.75) is 63.9 Å². The maximum atomic E-state index is 12.8. The minimum absolute atomic E-state index is 0.00172. The van der Waals surface area contributed by atoms with E-state index in [1.807, 2.05) is 78.2 Å². The SMILES string of the molecule is CCNC(=O)NCc1ccccc1-c1ccc([C@@H]2O[C@H](CN3CCC(n4c(=O)[nH]c5ccccc54)CC3)C[C@H](c3ccc(CO)cc3)O2)cc1. The molecule has 0 spiro atoms.